The van der Waals surface area contributed by atoms with Crippen molar-refractivity contribution in [2.75, 3.05) is 28.8 Å². The number of nitrogens with two attached hydrogens (primary N) is 1. The maximum Gasteiger partial charge on any atom is 0.180 e. The van der Waals surface area contributed by atoms with E-state index < -0.39 is 9.84 Å². The maximum atomic E-state index is 11.4. The zero-order chi connectivity index (χ0) is 14.2. The maximum absolute atomic E-state index is 11.4. The Morgan fingerprint density at radius 2 is 2.35 bits per heavy atom. The van der Waals surface area contributed by atoms with Crippen LogP contribution in [0.25, 0.3) is 5.65 Å². The van der Waals surface area contributed by atoms with Gasteiger partial charge in [0.15, 0.2) is 27.1 Å². The second-order valence-corrected chi connectivity index (χ2v) is 7.16. The molecule has 1 fully saturated rings. The number of imidazole rings is 1. The molecule has 2 aromatic heterocycles. The molecule has 8 nitrogen and oxygen atoms in total. The van der Waals surface area contributed by atoms with Crippen LogP contribution in [0.3, 0.4) is 0 Å². The van der Waals surface area contributed by atoms with Gasteiger partial charge in [0.05, 0.1) is 17.7 Å². The predicted molar refractivity (Wildman–Crippen MR) is 76.0 cm³/mol. The molecule has 4 N–H and O–H groups in total. The number of hydrazine groups is 1. The molecule has 0 spiro atoms. The first kappa shape index (κ1) is 13.1. The topological polar surface area (TPSA) is 114 Å². The van der Waals surface area contributed by atoms with Crippen LogP contribution in [0.15, 0.2) is 18.6 Å². The Morgan fingerprint density at radius 1 is 1.50 bits per heavy atom. The third-order valence-corrected chi connectivity index (χ3v) is 5.24. The largest absolute Gasteiger partial charge is 0.367 e. The van der Waals surface area contributed by atoms with Crippen molar-refractivity contribution in [3.63, 3.8) is 0 Å². The van der Waals surface area contributed by atoms with Crippen LogP contribution in [-0.2, 0) is 9.84 Å². The first-order valence-corrected chi connectivity index (χ1v) is 8.14. The van der Waals surface area contributed by atoms with Crippen molar-refractivity contribution >= 4 is 27.1 Å². The highest BCUT2D eigenvalue weighted by molar-refractivity contribution is 7.91. The number of sulfone groups is 1. The normalized spacial score (nSPS) is 21.1. The van der Waals surface area contributed by atoms with Crippen LogP contribution in [0.4, 0.5) is 11.6 Å². The van der Waals surface area contributed by atoms with Crippen molar-refractivity contribution in [3.8, 4) is 0 Å². The highest BCUT2D eigenvalue weighted by atomic mass is 32.2. The number of hydrogen-bond acceptors (Lipinski definition) is 7. The lowest BCUT2D eigenvalue weighted by molar-refractivity contribution is 0.595. The molecule has 1 unspecified atom stereocenters. The molecular weight excluding hydrogens is 280 g/mol. The molecule has 2 aromatic rings. The Balaban J connectivity index is 1.78. The molecule has 0 bridgehead atoms. The summed E-state index contributed by atoms with van der Waals surface area (Å²) in [6.45, 7) is 0.558. The van der Waals surface area contributed by atoms with E-state index in [-0.39, 0.29) is 17.4 Å². The van der Waals surface area contributed by atoms with Gasteiger partial charge in [-0.25, -0.2) is 24.2 Å². The van der Waals surface area contributed by atoms with Crippen molar-refractivity contribution in [2.45, 2.75) is 6.42 Å². The fourth-order valence-electron chi connectivity index (χ4n) is 2.39. The molecule has 1 aliphatic rings. The van der Waals surface area contributed by atoms with Gasteiger partial charge in [0.1, 0.15) is 0 Å². The van der Waals surface area contributed by atoms with E-state index in [9.17, 15) is 8.42 Å². The number of nitrogen functional groups attached to an aromatic ring is 1. The third-order valence-electron chi connectivity index (χ3n) is 3.41. The molecule has 1 saturated heterocycles. The Morgan fingerprint density at radius 3 is 3.05 bits per heavy atom. The van der Waals surface area contributed by atoms with Crippen LogP contribution >= 0.6 is 0 Å². The summed E-state index contributed by atoms with van der Waals surface area (Å²) in [7, 11) is -2.86. The van der Waals surface area contributed by atoms with Gasteiger partial charge in [-0.2, -0.15) is 0 Å². The minimum absolute atomic E-state index is 0.117. The van der Waals surface area contributed by atoms with Crippen molar-refractivity contribution < 1.29 is 8.42 Å². The van der Waals surface area contributed by atoms with Gasteiger partial charge in [-0.1, -0.05) is 0 Å². The average molecular weight is 296 g/mol. The lowest BCUT2D eigenvalue weighted by Gasteiger charge is -2.12. The number of nitrogens with one attached hydrogen (secondary N) is 2. The minimum Gasteiger partial charge on any atom is -0.367 e. The summed E-state index contributed by atoms with van der Waals surface area (Å²) in [4.78, 5) is 8.53. The van der Waals surface area contributed by atoms with Crippen molar-refractivity contribution in [3.05, 3.63) is 18.6 Å². The van der Waals surface area contributed by atoms with Crippen LogP contribution in [-0.4, -0.2) is 40.8 Å². The van der Waals surface area contributed by atoms with Gasteiger partial charge in [0, 0.05) is 18.9 Å². The van der Waals surface area contributed by atoms with Gasteiger partial charge in [-0.3, -0.25) is 0 Å². The molecule has 0 aromatic carbocycles. The summed E-state index contributed by atoms with van der Waals surface area (Å²) in [5, 5.41) is 3.17. The first-order chi connectivity index (χ1) is 9.57. The van der Waals surface area contributed by atoms with Gasteiger partial charge in [0.25, 0.3) is 0 Å². The fourth-order valence-corrected chi connectivity index (χ4v) is 4.26. The Hall–Kier alpha value is -1.87. The molecule has 20 heavy (non-hydrogen) atoms. The van der Waals surface area contributed by atoms with E-state index in [2.05, 4.69) is 20.7 Å². The molecule has 3 rings (SSSR count). The second-order valence-electron chi connectivity index (χ2n) is 4.93. The Kier molecular flexibility index (Phi) is 3.22. The lowest BCUT2D eigenvalue weighted by atomic mass is 10.1. The van der Waals surface area contributed by atoms with Crippen LogP contribution in [0, 0.1) is 5.92 Å². The van der Waals surface area contributed by atoms with E-state index in [1.807, 2.05) is 0 Å². The second kappa shape index (κ2) is 4.91. The highest BCUT2D eigenvalue weighted by Crippen LogP contribution is 2.21. The molecule has 3 heterocycles. The third kappa shape index (κ3) is 2.54. The summed E-state index contributed by atoms with van der Waals surface area (Å²) in [6, 6.07) is 0. The number of fused-ring (bicyclic) bond motifs is 1. The molecule has 1 aliphatic heterocycles. The number of nitrogens with zero attached hydrogens (tertiary/aromatic N) is 3. The van der Waals surface area contributed by atoms with Gasteiger partial charge in [-0.05, 0) is 12.3 Å². The summed E-state index contributed by atoms with van der Waals surface area (Å²) >= 11 is 0. The van der Waals surface area contributed by atoms with Crippen LogP contribution in [0.1, 0.15) is 6.42 Å². The van der Waals surface area contributed by atoms with Crippen molar-refractivity contribution in [1.82, 2.24) is 14.4 Å². The molecule has 1 atom stereocenters. The number of hydrogen-bond donors (Lipinski definition) is 3. The first-order valence-electron chi connectivity index (χ1n) is 6.32. The zero-order valence-corrected chi connectivity index (χ0v) is 11.6. The minimum atomic E-state index is -2.86. The molecule has 0 aliphatic carbocycles. The van der Waals surface area contributed by atoms with E-state index in [4.69, 9.17) is 5.84 Å². The van der Waals surface area contributed by atoms with E-state index in [0.717, 1.165) is 0 Å². The smallest absolute Gasteiger partial charge is 0.180 e. The van der Waals surface area contributed by atoms with Gasteiger partial charge < -0.3 is 15.1 Å². The standard InChI is InChI=1S/C11H16N6O2S/c12-16-9-6-17-3-2-13-11(17)10(15-9)14-5-8-1-4-20(18,19)7-8/h2-3,6,8,16H,1,4-5,7,12H2,(H,14,15). The van der Waals surface area contributed by atoms with E-state index in [1.165, 1.54) is 0 Å². The SMILES string of the molecule is NNc1cn2ccnc2c(NCC2CCS(=O)(=O)C2)n1. The van der Waals surface area contributed by atoms with E-state index in [0.29, 0.717) is 30.2 Å². The Bertz CT molecular complexity index is 726. The fraction of sp³-hybridized carbons (Fsp3) is 0.455. The quantitative estimate of drug-likeness (QED) is 0.531. The van der Waals surface area contributed by atoms with Gasteiger partial charge in [0.2, 0.25) is 0 Å². The van der Waals surface area contributed by atoms with Crippen molar-refractivity contribution in [2.24, 2.45) is 11.8 Å². The molecule has 0 amide bonds. The van der Waals surface area contributed by atoms with Crippen molar-refractivity contribution in [1.29, 1.82) is 0 Å². The highest BCUT2D eigenvalue weighted by Gasteiger charge is 2.27. The van der Waals surface area contributed by atoms with Crippen LogP contribution < -0.4 is 16.6 Å². The summed E-state index contributed by atoms with van der Waals surface area (Å²) in [6.07, 6.45) is 5.88. The summed E-state index contributed by atoms with van der Waals surface area (Å²) < 4.78 is 24.7. The van der Waals surface area contributed by atoms with Crippen LogP contribution in [0.5, 0.6) is 0 Å². The molecular formula is C11H16N6O2S. The average Bonchev–Trinajstić information content (AvgIpc) is 3.01. The van der Waals surface area contributed by atoms with Crippen LogP contribution in [0.2, 0.25) is 0 Å². The van der Waals surface area contributed by atoms with E-state index in [1.54, 1.807) is 23.0 Å². The van der Waals surface area contributed by atoms with E-state index >= 15 is 0 Å². The summed E-state index contributed by atoms with van der Waals surface area (Å²) in [5.74, 6) is 7.11. The zero-order valence-electron chi connectivity index (χ0n) is 10.8. The van der Waals surface area contributed by atoms with Gasteiger partial charge >= 0.3 is 0 Å². The molecule has 0 saturated carbocycles. The molecule has 108 valence electrons. The predicted octanol–water partition coefficient (Wildman–Crippen LogP) is -0.139. The summed E-state index contributed by atoms with van der Waals surface area (Å²) in [5.41, 5.74) is 3.18. The number of aromatic nitrogens is 3. The van der Waals surface area contributed by atoms with Gasteiger partial charge in [-0.15, -0.1) is 0 Å². The monoisotopic (exact) mass is 296 g/mol. The molecule has 0 radical (unpaired) electrons. The lowest BCUT2D eigenvalue weighted by Crippen LogP contribution is -2.18. The Labute approximate surface area is 116 Å². The molecule has 9 heteroatoms. The number of anilines is 2. The number of rotatable bonds is 4.